The van der Waals surface area contributed by atoms with Gasteiger partial charge in [-0.3, -0.25) is 22.8 Å². The maximum atomic E-state index is 13.3. The average molecular weight is 571 g/mol. The number of anilines is 1. The van der Waals surface area contributed by atoms with Gasteiger partial charge in [0.15, 0.2) is 0 Å². The van der Waals surface area contributed by atoms with E-state index >= 15 is 0 Å². The molecule has 0 aromatic heterocycles. The molecule has 0 amide bonds. The van der Waals surface area contributed by atoms with Crippen molar-refractivity contribution in [3.05, 3.63) is 17.7 Å². The van der Waals surface area contributed by atoms with Gasteiger partial charge in [-0.15, -0.1) is 0 Å². The van der Waals surface area contributed by atoms with Gasteiger partial charge in [0, 0.05) is 30.2 Å². The summed E-state index contributed by atoms with van der Waals surface area (Å²) in [5, 5.41) is -4.99. The molecule has 18 heteroatoms. The first-order chi connectivity index (χ1) is 14.7. The molecule has 192 valence electrons. The van der Waals surface area contributed by atoms with Crippen molar-refractivity contribution in [1.29, 1.82) is 0 Å². The van der Waals surface area contributed by atoms with Gasteiger partial charge in [-0.05, 0) is 6.07 Å². The van der Waals surface area contributed by atoms with Crippen molar-refractivity contribution in [2.75, 3.05) is 30.4 Å². The largest absolute Gasteiger partial charge is 0.471 e. The molecule has 0 aliphatic carbocycles. The second-order valence-electron chi connectivity index (χ2n) is 7.16. The van der Waals surface area contributed by atoms with Gasteiger partial charge in [-0.25, -0.2) is 4.57 Å². The van der Waals surface area contributed by atoms with Gasteiger partial charge in [0.05, 0.1) is 16.3 Å². The molecule has 0 saturated heterocycles. The first kappa shape index (κ1) is 30.9. The average Bonchev–Trinajstić information content (AvgIpc) is 2.70. The maximum Gasteiger partial charge on any atom is 0.471 e. The first-order valence-electron chi connectivity index (χ1n) is 9.69. The molecule has 0 bridgehead atoms. The third kappa shape index (κ3) is 5.67. The SMILES string of the molecule is CCP(=O)(O)c1ccc(C(OP(=O)(O)O)(P(=O)(O)CC)P(=O)(O)CC)c(P(=O)(O)CC)c1N. The Hall–Kier alpha value is -0.110. The molecule has 1 aromatic rings. The lowest BCUT2D eigenvalue weighted by Crippen LogP contribution is -2.38. The van der Waals surface area contributed by atoms with Crippen molar-refractivity contribution in [2.45, 2.75) is 32.8 Å². The number of benzene rings is 1. The van der Waals surface area contributed by atoms with Crippen LogP contribution in [0.25, 0.3) is 0 Å². The van der Waals surface area contributed by atoms with Crippen LogP contribution in [0.2, 0.25) is 0 Å². The van der Waals surface area contributed by atoms with E-state index in [1.54, 1.807) is 0 Å². The summed E-state index contributed by atoms with van der Waals surface area (Å²) in [5.74, 6) is 0. The molecule has 4 atom stereocenters. The van der Waals surface area contributed by atoms with E-state index in [-0.39, 0.29) is 6.16 Å². The maximum absolute atomic E-state index is 13.3. The van der Waals surface area contributed by atoms with Gasteiger partial charge >= 0.3 is 7.82 Å². The summed E-state index contributed by atoms with van der Waals surface area (Å²) in [4.78, 5) is 61.6. The molecule has 1 aromatic carbocycles. The van der Waals surface area contributed by atoms with Crippen molar-refractivity contribution < 1.29 is 56.7 Å². The summed E-state index contributed by atoms with van der Waals surface area (Å²) in [6, 6.07) is 1.56. The number of hydrogen-bond acceptors (Lipinski definition) is 7. The van der Waals surface area contributed by atoms with Crippen LogP contribution in [-0.2, 0) is 32.4 Å². The van der Waals surface area contributed by atoms with Crippen LogP contribution in [0.3, 0.4) is 0 Å². The predicted octanol–water partition coefficient (Wildman–Crippen LogP) is 1.90. The second kappa shape index (κ2) is 10.1. The van der Waals surface area contributed by atoms with E-state index < -0.39 is 82.7 Å². The summed E-state index contributed by atoms with van der Waals surface area (Å²) < 4.78 is 69.0. The molecule has 0 radical (unpaired) electrons. The molecule has 4 unspecified atom stereocenters. The van der Waals surface area contributed by atoms with E-state index in [9.17, 15) is 52.2 Å². The summed E-state index contributed by atoms with van der Waals surface area (Å²) in [6.45, 7) is 4.73. The number of rotatable bonds is 11. The third-order valence-corrected chi connectivity index (χ3v) is 16.2. The Balaban J connectivity index is 4.55. The zero-order valence-electron chi connectivity index (χ0n) is 18.4. The molecule has 8 N–H and O–H groups in total. The van der Waals surface area contributed by atoms with Crippen LogP contribution in [0.4, 0.5) is 5.69 Å². The fourth-order valence-electron chi connectivity index (χ4n) is 3.26. The fraction of sp³-hybridized carbons (Fsp3) is 0.600. The highest BCUT2D eigenvalue weighted by Gasteiger charge is 2.65. The quantitative estimate of drug-likeness (QED) is 0.148. The Kier molecular flexibility index (Phi) is 9.46. The van der Waals surface area contributed by atoms with Gasteiger partial charge < -0.3 is 35.1 Å². The minimum atomic E-state index is -5.80. The highest BCUT2D eigenvalue weighted by atomic mass is 31.2. The summed E-state index contributed by atoms with van der Waals surface area (Å²) in [5.41, 5.74) is 4.23. The van der Waals surface area contributed by atoms with Crippen molar-refractivity contribution in [3.8, 4) is 0 Å². The molecule has 0 heterocycles. The van der Waals surface area contributed by atoms with Crippen molar-refractivity contribution in [2.24, 2.45) is 0 Å². The van der Waals surface area contributed by atoms with E-state index in [2.05, 4.69) is 4.52 Å². The third-order valence-electron chi connectivity index (χ3n) is 5.18. The molecule has 1 rings (SSSR count). The number of phosphoric acid groups is 1. The minimum Gasteiger partial charge on any atom is -0.397 e. The Morgan fingerprint density at radius 3 is 1.52 bits per heavy atom. The molecule has 0 spiro atoms. The second-order valence-corrected chi connectivity index (χ2v) is 19.0. The standard InChI is InChI=1S/C15H30NO12P5/c1-5-29(17,18)12-10-9-11(14(13(12)16)30(19,20)6-2)15(28-33(25,26)27,31(21,22)7-3)32(23,24)8-4/h9-10H,5-8,16H2,1-4H3,(H,17,18)(H,19,20)(H,21,22)(H,23,24)(H2,25,26,27). The first-order valence-corrected chi connectivity index (χ1v) is 18.6. The number of phosphoric ester groups is 1. The van der Waals surface area contributed by atoms with E-state index in [0.717, 1.165) is 19.9 Å². The monoisotopic (exact) mass is 571 g/mol. The zero-order chi connectivity index (χ0) is 26.3. The number of nitrogen functional groups attached to an aromatic ring is 1. The van der Waals surface area contributed by atoms with Crippen molar-refractivity contribution >= 4 is 53.6 Å². The molecule has 33 heavy (non-hydrogen) atoms. The van der Waals surface area contributed by atoms with E-state index in [0.29, 0.717) is 6.07 Å². The molecule has 0 fully saturated rings. The highest BCUT2D eigenvalue weighted by molar-refractivity contribution is 7.77. The molecule has 0 aliphatic rings. The Labute approximate surface area is 191 Å². The van der Waals surface area contributed by atoms with Crippen LogP contribution in [0.5, 0.6) is 0 Å². The highest BCUT2D eigenvalue weighted by Crippen LogP contribution is 2.81. The van der Waals surface area contributed by atoms with Crippen LogP contribution >= 0.6 is 37.3 Å². The van der Waals surface area contributed by atoms with Crippen LogP contribution in [0, 0.1) is 0 Å². The molecular formula is C15H30NO12P5. The van der Waals surface area contributed by atoms with Crippen LogP contribution in [-0.4, -0.2) is 54.0 Å². The molecule has 0 aliphatic heterocycles. The van der Waals surface area contributed by atoms with Gasteiger partial charge in [-0.1, -0.05) is 33.8 Å². The Morgan fingerprint density at radius 2 is 1.18 bits per heavy atom. The van der Waals surface area contributed by atoms with Crippen molar-refractivity contribution in [3.63, 3.8) is 0 Å². The lowest BCUT2D eigenvalue weighted by atomic mass is 10.2. The number of nitrogens with two attached hydrogens (primary N) is 1. The number of hydrogen-bond donors (Lipinski definition) is 7. The molecule has 13 nitrogen and oxygen atoms in total. The Morgan fingerprint density at radius 1 is 0.758 bits per heavy atom. The Bertz CT molecular complexity index is 1120. The lowest BCUT2D eigenvalue weighted by Gasteiger charge is -2.41. The predicted molar refractivity (Wildman–Crippen MR) is 126 cm³/mol. The summed E-state index contributed by atoms with van der Waals surface area (Å²) in [6.07, 6.45) is -2.57. The smallest absolute Gasteiger partial charge is 0.397 e. The summed E-state index contributed by atoms with van der Waals surface area (Å²) in [7, 11) is -25.1. The van der Waals surface area contributed by atoms with Crippen LogP contribution in [0.15, 0.2) is 12.1 Å². The normalized spacial score (nSPS) is 21.8. The van der Waals surface area contributed by atoms with Gasteiger partial charge in [0.2, 0.25) is 29.5 Å². The summed E-state index contributed by atoms with van der Waals surface area (Å²) >= 11 is 0. The van der Waals surface area contributed by atoms with E-state index in [4.69, 9.17) is 5.73 Å². The van der Waals surface area contributed by atoms with Crippen LogP contribution in [0.1, 0.15) is 33.3 Å². The minimum absolute atomic E-state index is 0.344. The van der Waals surface area contributed by atoms with E-state index in [1.807, 2.05) is 0 Å². The van der Waals surface area contributed by atoms with E-state index in [1.165, 1.54) is 13.8 Å². The molecular weight excluding hydrogens is 541 g/mol. The topological polar surface area (TPSA) is 242 Å². The van der Waals surface area contributed by atoms with Crippen molar-refractivity contribution in [1.82, 2.24) is 0 Å². The van der Waals surface area contributed by atoms with Crippen LogP contribution < -0.4 is 16.3 Å². The molecule has 0 saturated carbocycles. The van der Waals surface area contributed by atoms with Gasteiger partial charge in [-0.2, -0.15) is 0 Å². The van der Waals surface area contributed by atoms with Gasteiger partial charge in [0.25, 0.3) is 5.08 Å². The van der Waals surface area contributed by atoms with Gasteiger partial charge in [0.1, 0.15) is 0 Å². The zero-order valence-corrected chi connectivity index (χ0v) is 22.9. The fourth-order valence-corrected chi connectivity index (χ4v) is 13.0. The lowest BCUT2D eigenvalue weighted by molar-refractivity contribution is 0.131.